The first-order valence-corrected chi connectivity index (χ1v) is 18.2. The second-order valence-corrected chi connectivity index (χ2v) is 15.4. The zero-order valence-corrected chi connectivity index (χ0v) is 29.0. The molecule has 1 fully saturated rings. The second kappa shape index (κ2) is 12.9. The van der Waals surface area contributed by atoms with Crippen molar-refractivity contribution in [3.8, 4) is 28.5 Å². The van der Waals surface area contributed by atoms with Crippen LogP contribution in [0.5, 0.6) is 0 Å². The van der Waals surface area contributed by atoms with Crippen LogP contribution in [0.25, 0.3) is 39.5 Å². The summed E-state index contributed by atoms with van der Waals surface area (Å²) in [4.78, 5) is 18.4. The molecule has 1 aliphatic rings. The molecule has 49 heavy (non-hydrogen) atoms. The molecule has 0 unspecified atom stereocenters. The van der Waals surface area contributed by atoms with Crippen LogP contribution in [0.2, 0.25) is 0 Å². The predicted molar refractivity (Wildman–Crippen MR) is 190 cm³/mol. The van der Waals surface area contributed by atoms with E-state index in [9.17, 15) is 17.6 Å². The molecule has 0 aliphatic heterocycles. The van der Waals surface area contributed by atoms with Gasteiger partial charge >= 0.3 is 0 Å². The summed E-state index contributed by atoms with van der Waals surface area (Å²) in [5.74, 6) is 0.689. The van der Waals surface area contributed by atoms with E-state index < -0.39 is 10.0 Å². The lowest BCUT2D eigenvalue weighted by Crippen LogP contribution is -2.22. The monoisotopic (exact) mass is 695 g/mol. The molecule has 0 saturated heterocycles. The summed E-state index contributed by atoms with van der Waals surface area (Å²) in [5.41, 5.74) is 6.26. The van der Waals surface area contributed by atoms with Gasteiger partial charge in [0, 0.05) is 48.7 Å². The molecule has 6 aromatic rings. The Morgan fingerprint density at radius 1 is 0.959 bits per heavy atom. The van der Waals surface area contributed by atoms with Gasteiger partial charge in [0.2, 0.25) is 15.9 Å². The van der Waals surface area contributed by atoms with E-state index in [-0.39, 0.29) is 22.4 Å². The van der Waals surface area contributed by atoms with Gasteiger partial charge in [-0.3, -0.25) is 9.36 Å². The van der Waals surface area contributed by atoms with E-state index in [1.165, 1.54) is 42.3 Å². The Hall–Kier alpha value is -4.85. The Morgan fingerprint density at radius 2 is 1.73 bits per heavy atom. The van der Waals surface area contributed by atoms with Gasteiger partial charge in [0.25, 0.3) is 0 Å². The summed E-state index contributed by atoms with van der Waals surface area (Å²) in [6.07, 6.45) is 2.08. The van der Waals surface area contributed by atoms with Gasteiger partial charge < -0.3 is 9.88 Å². The minimum atomic E-state index is -3.68. The summed E-state index contributed by atoms with van der Waals surface area (Å²) in [5, 5.41) is 12.4. The van der Waals surface area contributed by atoms with E-state index >= 15 is 0 Å². The highest BCUT2D eigenvalue weighted by Crippen LogP contribution is 2.42. The zero-order chi connectivity index (χ0) is 34.4. The highest BCUT2D eigenvalue weighted by Gasteiger charge is 2.30. The largest absolute Gasteiger partial charge is 0.325 e. The van der Waals surface area contributed by atoms with Crippen molar-refractivity contribution in [1.29, 1.82) is 0 Å². The molecule has 250 valence electrons. The molecule has 2 aromatic heterocycles. The Labute approximate surface area is 288 Å². The molecule has 1 aliphatic carbocycles. The number of amides is 1. The summed E-state index contributed by atoms with van der Waals surface area (Å²) in [6, 6.07) is 25.1. The molecule has 1 N–H and O–H groups in total. The van der Waals surface area contributed by atoms with Crippen LogP contribution in [-0.4, -0.2) is 62.8 Å². The van der Waals surface area contributed by atoms with Crippen LogP contribution < -0.4 is 5.32 Å². The molecule has 0 atom stereocenters. The number of aryl methyl sites for hydroxylation is 1. The van der Waals surface area contributed by atoms with Crippen LogP contribution >= 0.6 is 11.8 Å². The van der Waals surface area contributed by atoms with Crippen LogP contribution in [-0.2, 0) is 14.8 Å². The maximum Gasteiger partial charge on any atom is 0.242 e. The normalized spacial score (nSPS) is 13.3. The molecule has 2 heterocycles. The number of imidazole rings is 1. The van der Waals surface area contributed by atoms with Gasteiger partial charge in [-0.1, -0.05) is 48.2 Å². The van der Waals surface area contributed by atoms with Crippen molar-refractivity contribution >= 4 is 44.4 Å². The Balaban J connectivity index is 1.17. The molecule has 10 nitrogen and oxygen atoms in total. The van der Waals surface area contributed by atoms with Gasteiger partial charge in [0.1, 0.15) is 11.6 Å². The number of aromatic nitrogens is 5. The van der Waals surface area contributed by atoms with Crippen molar-refractivity contribution in [2.75, 3.05) is 25.2 Å². The highest BCUT2D eigenvalue weighted by molar-refractivity contribution is 7.99. The van der Waals surface area contributed by atoms with Crippen molar-refractivity contribution in [2.24, 2.45) is 0 Å². The fraction of sp³-hybridized carbons (Fsp3) is 0.222. The maximum absolute atomic E-state index is 14.1. The topological polar surface area (TPSA) is 115 Å². The number of fused-ring (bicyclic) bond motifs is 1. The average molecular weight is 696 g/mol. The first-order valence-electron chi connectivity index (χ1n) is 15.8. The lowest BCUT2D eigenvalue weighted by atomic mass is 10.1. The standard InChI is InChI=1S/C36H34FN7O3S2/c1-22-8-5-10-27(18-22)44-34(24-9-6-11-28(19-24)49(46,47)42(3)4)40-41-36(44)48-21-33(45)38-30-13-7-12-29(23(30)2)35-39-31-20-25(37)14-17-32(31)43(35)26-15-16-26/h5-14,17-20,26H,15-16,21H2,1-4H3,(H,38,45). The number of carbonyl (C=O) groups is 1. The summed E-state index contributed by atoms with van der Waals surface area (Å²) in [6.45, 7) is 3.92. The summed E-state index contributed by atoms with van der Waals surface area (Å²) in [7, 11) is -0.700. The number of thioether (sulfide) groups is 1. The van der Waals surface area contributed by atoms with Gasteiger partial charge in [-0.05, 0) is 80.3 Å². The third kappa shape index (κ3) is 6.36. The Kier molecular flexibility index (Phi) is 8.59. The molecule has 0 spiro atoms. The first-order chi connectivity index (χ1) is 23.5. The smallest absolute Gasteiger partial charge is 0.242 e. The van der Waals surface area contributed by atoms with E-state index in [0.717, 1.165) is 46.6 Å². The summed E-state index contributed by atoms with van der Waals surface area (Å²) >= 11 is 1.23. The van der Waals surface area contributed by atoms with Gasteiger partial charge in [0.05, 0.1) is 21.7 Å². The molecule has 0 bridgehead atoms. The fourth-order valence-corrected chi connectivity index (χ4v) is 7.55. The fourth-order valence-electron chi connectivity index (χ4n) is 5.85. The lowest BCUT2D eigenvalue weighted by molar-refractivity contribution is -0.113. The number of nitrogens with one attached hydrogen (secondary N) is 1. The van der Waals surface area contributed by atoms with Gasteiger partial charge in [-0.25, -0.2) is 22.1 Å². The van der Waals surface area contributed by atoms with Gasteiger partial charge in [-0.2, -0.15) is 0 Å². The number of hydrogen-bond acceptors (Lipinski definition) is 7. The number of carbonyl (C=O) groups excluding carboxylic acids is 1. The first kappa shape index (κ1) is 32.7. The Bertz CT molecular complexity index is 2350. The van der Waals surface area contributed by atoms with Crippen molar-refractivity contribution in [1.82, 2.24) is 28.6 Å². The summed E-state index contributed by atoms with van der Waals surface area (Å²) < 4.78 is 45.0. The molecule has 1 amide bonds. The minimum absolute atomic E-state index is 0.0442. The van der Waals surface area contributed by atoms with Crippen LogP contribution in [0.4, 0.5) is 10.1 Å². The van der Waals surface area contributed by atoms with E-state index in [0.29, 0.717) is 33.8 Å². The average Bonchev–Trinajstić information content (AvgIpc) is 3.71. The highest BCUT2D eigenvalue weighted by atomic mass is 32.2. The van der Waals surface area contributed by atoms with Crippen molar-refractivity contribution < 1.29 is 17.6 Å². The third-order valence-corrected chi connectivity index (χ3v) is 11.2. The van der Waals surface area contributed by atoms with Crippen LogP contribution in [0.15, 0.2) is 95.0 Å². The molecule has 4 aromatic carbocycles. The van der Waals surface area contributed by atoms with E-state index in [2.05, 4.69) is 20.1 Å². The van der Waals surface area contributed by atoms with Crippen LogP contribution in [0.1, 0.15) is 30.0 Å². The second-order valence-electron chi connectivity index (χ2n) is 12.3. The number of nitrogens with zero attached hydrogens (tertiary/aromatic N) is 6. The predicted octanol–water partition coefficient (Wildman–Crippen LogP) is 7.02. The van der Waals surface area contributed by atoms with Crippen LogP contribution in [0, 0.1) is 19.7 Å². The maximum atomic E-state index is 14.1. The van der Waals surface area contributed by atoms with E-state index in [4.69, 9.17) is 4.98 Å². The van der Waals surface area contributed by atoms with E-state index in [1.54, 1.807) is 30.3 Å². The SMILES string of the molecule is Cc1cccc(-n2c(SCC(=O)Nc3cccc(-c4nc5cc(F)ccc5n4C4CC4)c3C)nnc2-c2cccc(S(=O)(=O)N(C)C)c2)c1. The molecular formula is C36H34FN7O3S2. The number of sulfonamides is 1. The number of anilines is 1. The van der Waals surface area contributed by atoms with Gasteiger partial charge in [0.15, 0.2) is 11.0 Å². The minimum Gasteiger partial charge on any atom is -0.325 e. The molecule has 7 rings (SSSR count). The van der Waals surface area contributed by atoms with Crippen LogP contribution in [0.3, 0.4) is 0 Å². The number of rotatable bonds is 10. The molecule has 1 saturated carbocycles. The molecule has 0 radical (unpaired) electrons. The van der Waals surface area contributed by atoms with Crippen molar-refractivity contribution in [2.45, 2.75) is 42.8 Å². The number of halogens is 1. The molecule has 13 heteroatoms. The van der Waals surface area contributed by atoms with Gasteiger partial charge in [-0.15, -0.1) is 10.2 Å². The van der Waals surface area contributed by atoms with Crippen molar-refractivity contribution in [3.05, 3.63) is 102 Å². The Morgan fingerprint density at radius 3 is 2.49 bits per heavy atom. The van der Waals surface area contributed by atoms with E-state index in [1.807, 2.05) is 60.9 Å². The quantitative estimate of drug-likeness (QED) is 0.153. The number of hydrogen-bond donors (Lipinski definition) is 1. The number of benzene rings is 4. The van der Waals surface area contributed by atoms with Crippen molar-refractivity contribution in [3.63, 3.8) is 0 Å². The zero-order valence-electron chi connectivity index (χ0n) is 27.4. The third-order valence-electron chi connectivity index (χ3n) is 8.51. The lowest BCUT2D eigenvalue weighted by Gasteiger charge is -2.15. The molecular weight excluding hydrogens is 662 g/mol.